The Balaban J connectivity index is 2.31. The van der Waals surface area contributed by atoms with E-state index in [9.17, 15) is 14.7 Å². The minimum atomic E-state index is -0.605. The first-order chi connectivity index (χ1) is 11.9. The molecular formula is C21H20O4. The number of rotatable bonds is 4. The molecule has 3 aromatic rings. The first-order valence-corrected chi connectivity index (χ1v) is 8.19. The zero-order chi connectivity index (χ0) is 18.1. The molecule has 4 nitrogen and oxygen atoms in total. The van der Waals surface area contributed by atoms with Gasteiger partial charge in [-0.25, -0.2) is 4.79 Å². The van der Waals surface area contributed by atoms with E-state index < -0.39 is 11.5 Å². The van der Waals surface area contributed by atoms with Crippen LogP contribution < -0.4 is 5.63 Å². The summed E-state index contributed by atoms with van der Waals surface area (Å²) in [6.07, 6.45) is 0.124. The van der Waals surface area contributed by atoms with E-state index in [1.807, 2.05) is 50.2 Å². The van der Waals surface area contributed by atoms with Crippen molar-refractivity contribution in [1.29, 1.82) is 0 Å². The Morgan fingerprint density at radius 3 is 2.48 bits per heavy atom. The molecule has 0 bridgehead atoms. The summed E-state index contributed by atoms with van der Waals surface area (Å²) >= 11 is 0. The first-order valence-electron chi connectivity index (χ1n) is 8.19. The molecule has 0 amide bonds. The number of Topliss-reactive ketones (excluding diaryl/α,β-unsaturated/α-hetero) is 1. The topological polar surface area (TPSA) is 67.5 Å². The number of benzene rings is 2. The van der Waals surface area contributed by atoms with Gasteiger partial charge in [0.2, 0.25) is 0 Å². The van der Waals surface area contributed by atoms with E-state index in [-0.39, 0.29) is 23.5 Å². The van der Waals surface area contributed by atoms with Crippen LogP contribution in [0.25, 0.3) is 11.0 Å². The van der Waals surface area contributed by atoms with Gasteiger partial charge in [0.05, 0.1) is 10.9 Å². The number of carbonyl (C=O) groups is 1. The van der Waals surface area contributed by atoms with E-state index in [0.29, 0.717) is 11.0 Å². The summed E-state index contributed by atoms with van der Waals surface area (Å²) in [6.45, 7) is 5.23. The number of fused-ring (bicyclic) bond motifs is 1. The van der Waals surface area contributed by atoms with E-state index in [2.05, 4.69) is 0 Å². The highest BCUT2D eigenvalue weighted by molar-refractivity contribution is 5.88. The van der Waals surface area contributed by atoms with Crippen LogP contribution >= 0.6 is 0 Å². The van der Waals surface area contributed by atoms with Crippen molar-refractivity contribution < 1.29 is 14.3 Å². The van der Waals surface area contributed by atoms with Crippen molar-refractivity contribution in [1.82, 2.24) is 0 Å². The molecule has 1 N–H and O–H groups in total. The normalized spacial score (nSPS) is 12.3. The summed E-state index contributed by atoms with van der Waals surface area (Å²) in [6, 6.07) is 12.9. The predicted octanol–water partition coefficient (Wildman–Crippen LogP) is 4.23. The second-order valence-corrected chi connectivity index (χ2v) is 6.48. The molecule has 0 aliphatic rings. The van der Waals surface area contributed by atoms with Gasteiger partial charge in [-0.05, 0) is 43.5 Å². The van der Waals surface area contributed by atoms with Crippen LogP contribution in [-0.4, -0.2) is 10.9 Å². The van der Waals surface area contributed by atoms with Gasteiger partial charge in [-0.2, -0.15) is 0 Å². The molecule has 0 fully saturated rings. The lowest BCUT2D eigenvalue weighted by atomic mass is 9.87. The number of carbonyl (C=O) groups excluding carboxylic acids is 1. The van der Waals surface area contributed by atoms with Gasteiger partial charge in [0.25, 0.3) is 0 Å². The van der Waals surface area contributed by atoms with E-state index in [0.717, 1.165) is 16.7 Å². The third-order valence-corrected chi connectivity index (χ3v) is 4.39. The second kappa shape index (κ2) is 6.55. The number of ketones is 1. The average molecular weight is 336 g/mol. The molecule has 25 heavy (non-hydrogen) atoms. The standard InChI is InChI=1S/C21H20O4/c1-12-9-13(2)20-17(10-12)19(23)18(21(24)25-20)16(11-14(3)22)15-7-5-4-6-8-15/h4-10,16,23H,11H2,1-3H3. The van der Waals surface area contributed by atoms with Crippen LogP contribution in [0.2, 0.25) is 0 Å². The van der Waals surface area contributed by atoms with Gasteiger partial charge in [0.15, 0.2) is 0 Å². The molecule has 128 valence electrons. The van der Waals surface area contributed by atoms with Crippen molar-refractivity contribution in [2.45, 2.75) is 33.1 Å². The summed E-state index contributed by atoms with van der Waals surface area (Å²) in [4.78, 5) is 24.4. The summed E-state index contributed by atoms with van der Waals surface area (Å²) < 4.78 is 5.52. The molecule has 0 saturated heterocycles. The quantitative estimate of drug-likeness (QED) is 0.724. The number of aromatic hydroxyl groups is 1. The average Bonchev–Trinajstić information content (AvgIpc) is 2.56. The maximum Gasteiger partial charge on any atom is 0.343 e. The summed E-state index contributed by atoms with van der Waals surface area (Å²) in [7, 11) is 0. The van der Waals surface area contributed by atoms with Crippen LogP contribution in [0.1, 0.15) is 41.5 Å². The Labute approximate surface area is 145 Å². The highest BCUT2D eigenvalue weighted by atomic mass is 16.4. The fourth-order valence-electron chi connectivity index (χ4n) is 3.32. The van der Waals surface area contributed by atoms with Crippen LogP contribution in [0, 0.1) is 13.8 Å². The largest absolute Gasteiger partial charge is 0.507 e. The van der Waals surface area contributed by atoms with Crippen LogP contribution in [0.15, 0.2) is 51.7 Å². The summed E-state index contributed by atoms with van der Waals surface area (Å²) in [5.74, 6) is -0.707. The van der Waals surface area contributed by atoms with Crippen molar-refractivity contribution in [2.24, 2.45) is 0 Å². The zero-order valence-corrected chi connectivity index (χ0v) is 14.5. The molecule has 0 aliphatic carbocycles. The Hall–Kier alpha value is -2.88. The molecule has 4 heteroatoms. The fraction of sp³-hybridized carbons (Fsp3) is 0.238. The molecule has 1 aromatic heterocycles. The summed E-state index contributed by atoms with van der Waals surface area (Å²) in [5.41, 5.74) is 2.46. The molecule has 1 atom stereocenters. The van der Waals surface area contributed by atoms with Crippen LogP contribution in [0.3, 0.4) is 0 Å². The molecule has 0 radical (unpaired) electrons. The van der Waals surface area contributed by atoms with Crippen molar-refractivity contribution in [3.63, 3.8) is 0 Å². The minimum Gasteiger partial charge on any atom is -0.507 e. The second-order valence-electron chi connectivity index (χ2n) is 6.48. The van der Waals surface area contributed by atoms with Crippen molar-refractivity contribution in [3.05, 3.63) is 75.1 Å². The fourth-order valence-corrected chi connectivity index (χ4v) is 3.32. The monoisotopic (exact) mass is 336 g/mol. The Morgan fingerprint density at radius 1 is 1.16 bits per heavy atom. The zero-order valence-electron chi connectivity index (χ0n) is 14.5. The molecule has 0 spiro atoms. The van der Waals surface area contributed by atoms with Crippen molar-refractivity contribution in [3.8, 4) is 5.75 Å². The van der Waals surface area contributed by atoms with Gasteiger partial charge in [-0.1, -0.05) is 36.4 Å². The van der Waals surface area contributed by atoms with Crippen molar-refractivity contribution in [2.75, 3.05) is 0 Å². The molecule has 3 rings (SSSR count). The van der Waals surface area contributed by atoms with Crippen molar-refractivity contribution >= 4 is 16.8 Å². The van der Waals surface area contributed by atoms with E-state index in [1.165, 1.54) is 6.92 Å². The third-order valence-electron chi connectivity index (χ3n) is 4.39. The first kappa shape index (κ1) is 17.0. The van der Waals surface area contributed by atoms with E-state index in [1.54, 1.807) is 6.07 Å². The lowest BCUT2D eigenvalue weighted by molar-refractivity contribution is -0.117. The third kappa shape index (κ3) is 3.20. The van der Waals surface area contributed by atoms with Gasteiger partial charge in [-0.3, -0.25) is 4.79 Å². The number of aryl methyl sites for hydroxylation is 2. The highest BCUT2D eigenvalue weighted by Crippen LogP contribution is 2.37. The van der Waals surface area contributed by atoms with Gasteiger partial charge < -0.3 is 9.52 Å². The minimum absolute atomic E-state index is 0.0619. The smallest absolute Gasteiger partial charge is 0.343 e. The molecular weight excluding hydrogens is 316 g/mol. The van der Waals surface area contributed by atoms with Gasteiger partial charge in [0.1, 0.15) is 17.1 Å². The summed E-state index contributed by atoms with van der Waals surface area (Å²) in [5, 5.41) is 11.3. The van der Waals surface area contributed by atoms with Crippen LogP contribution in [-0.2, 0) is 4.79 Å². The highest BCUT2D eigenvalue weighted by Gasteiger charge is 2.26. The van der Waals surface area contributed by atoms with E-state index >= 15 is 0 Å². The molecule has 0 aliphatic heterocycles. The molecule has 1 unspecified atom stereocenters. The van der Waals surface area contributed by atoms with Crippen LogP contribution in [0.4, 0.5) is 0 Å². The maximum atomic E-state index is 12.6. The predicted molar refractivity (Wildman–Crippen MR) is 97.2 cm³/mol. The maximum absolute atomic E-state index is 12.6. The Bertz CT molecular complexity index is 1000. The van der Waals surface area contributed by atoms with Gasteiger partial charge in [0, 0.05) is 12.3 Å². The molecule has 0 saturated carbocycles. The SMILES string of the molecule is CC(=O)CC(c1ccccc1)c1c(O)c2cc(C)cc(C)c2oc1=O. The van der Waals surface area contributed by atoms with Gasteiger partial charge in [-0.15, -0.1) is 0 Å². The van der Waals surface area contributed by atoms with E-state index in [4.69, 9.17) is 4.42 Å². The molecule has 2 aromatic carbocycles. The Morgan fingerprint density at radius 2 is 1.84 bits per heavy atom. The lowest BCUT2D eigenvalue weighted by Gasteiger charge is -2.18. The molecule has 1 heterocycles. The lowest BCUT2D eigenvalue weighted by Crippen LogP contribution is -2.16. The number of hydrogen-bond acceptors (Lipinski definition) is 4. The van der Waals surface area contributed by atoms with Gasteiger partial charge >= 0.3 is 5.63 Å². The van der Waals surface area contributed by atoms with Crippen LogP contribution in [0.5, 0.6) is 5.75 Å². The number of hydrogen-bond donors (Lipinski definition) is 1. The Kier molecular flexibility index (Phi) is 4.45.